The number of aromatic nitrogens is 2. The van der Waals surface area contributed by atoms with Crippen molar-refractivity contribution in [3.8, 4) is 0 Å². The van der Waals surface area contributed by atoms with Crippen LogP contribution in [0.3, 0.4) is 0 Å². The lowest BCUT2D eigenvalue weighted by Crippen LogP contribution is -2.40. The highest BCUT2D eigenvalue weighted by molar-refractivity contribution is 5.77. The minimum absolute atomic E-state index is 0.118. The Labute approximate surface area is 133 Å². The Hall–Kier alpha value is -2.02. The molecule has 7 heteroatoms. The minimum Gasteiger partial charge on any atom is -0.369 e. The number of fused-ring (bicyclic) bond motifs is 1. The molecule has 124 valence electrons. The number of carbonyl (C=O) groups is 1. The fraction of sp³-hybridized carbons (Fsp3) is 0.500. The van der Waals surface area contributed by atoms with Gasteiger partial charge in [0.25, 0.3) is 0 Å². The van der Waals surface area contributed by atoms with Gasteiger partial charge in [-0.3, -0.25) is 14.3 Å². The molecule has 3 rings (SSSR count). The molecule has 2 aromatic rings. The number of nitrogens with two attached hydrogens (primary N) is 1. The lowest BCUT2D eigenvalue weighted by molar-refractivity contribution is -0.123. The van der Waals surface area contributed by atoms with E-state index < -0.39 is 6.55 Å². The van der Waals surface area contributed by atoms with Crippen LogP contribution in [0.4, 0.5) is 8.78 Å². The lowest BCUT2D eigenvalue weighted by atomic mass is 9.95. The Morgan fingerprint density at radius 1 is 1.30 bits per heavy atom. The summed E-state index contributed by atoms with van der Waals surface area (Å²) < 4.78 is 28.1. The van der Waals surface area contributed by atoms with Crippen LogP contribution in [-0.4, -0.2) is 33.4 Å². The SMILES string of the molecule is CC(c1nc2ccccc2n1C(F)F)N1CCC(C(N)=O)CC1. The number of hydrogen-bond donors (Lipinski definition) is 1. The van der Waals surface area contributed by atoms with Gasteiger partial charge in [0.15, 0.2) is 0 Å². The molecule has 0 saturated carbocycles. The smallest absolute Gasteiger partial charge is 0.320 e. The van der Waals surface area contributed by atoms with Crippen LogP contribution in [0.25, 0.3) is 11.0 Å². The van der Waals surface area contributed by atoms with Gasteiger partial charge < -0.3 is 5.73 Å². The number of halogens is 2. The third kappa shape index (κ3) is 2.93. The van der Waals surface area contributed by atoms with Crippen LogP contribution in [0, 0.1) is 5.92 Å². The van der Waals surface area contributed by atoms with Crippen molar-refractivity contribution in [1.82, 2.24) is 14.5 Å². The molecule has 1 aromatic carbocycles. The summed E-state index contributed by atoms with van der Waals surface area (Å²) in [6.45, 7) is 0.552. The average Bonchev–Trinajstić information content (AvgIpc) is 2.93. The summed E-state index contributed by atoms with van der Waals surface area (Å²) >= 11 is 0. The van der Waals surface area contributed by atoms with Crippen molar-refractivity contribution >= 4 is 16.9 Å². The molecule has 2 N–H and O–H groups in total. The third-order valence-electron chi connectivity index (χ3n) is 4.67. The predicted molar refractivity (Wildman–Crippen MR) is 82.9 cm³/mol. The fourth-order valence-corrected chi connectivity index (χ4v) is 3.30. The first-order valence-corrected chi connectivity index (χ1v) is 7.77. The number of amides is 1. The maximum Gasteiger partial charge on any atom is 0.320 e. The minimum atomic E-state index is -2.64. The number of benzene rings is 1. The molecule has 1 unspecified atom stereocenters. The highest BCUT2D eigenvalue weighted by atomic mass is 19.3. The highest BCUT2D eigenvalue weighted by Gasteiger charge is 2.30. The summed E-state index contributed by atoms with van der Waals surface area (Å²) in [5.74, 6) is -0.0387. The van der Waals surface area contributed by atoms with Crippen LogP contribution in [0.1, 0.15) is 38.2 Å². The van der Waals surface area contributed by atoms with Crippen LogP contribution in [0.5, 0.6) is 0 Å². The zero-order valence-corrected chi connectivity index (χ0v) is 13.0. The Bertz CT molecular complexity index is 707. The number of carbonyl (C=O) groups excluding carboxylic acids is 1. The zero-order valence-electron chi connectivity index (χ0n) is 13.0. The lowest BCUT2D eigenvalue weighted by Gasteiger charge is -2.34. The average molecular weight is 322 g/mol. The number of alkyl halides is 2. The molecule has 0 bridgehead atoms. The van der Waals surface area contributed by atoms with E-state index >= 15 is 0 Å². The number of nitrogens with zero attached hydrogens (tertiary/aromatic N) is 3. The predicted octanol–water partition coefficient (Wildman–Crippen LogP) is 2.69. The van der Waals surface area contributed by atoms with Gasteiger partial charge in [0.05, 0.1) is 17.1 Å². The number of imidazole rings is 1. The molecule has 0 radical (unpaired) electrons. The monoisotopic (exact) mass is 322 g/mol. The molecule has 1 aliphatic rings. The van der Waals surface area contributed by atoms with Crippen LogP contribution in [0.15, 0.2) is 24.3 Å². The second-order valence-corrected chi connectivity index (χ2v) is 5.99. The molecule has 2 heterocycles. The first kappa shape index (κ1) is 15.9. The number of rotatable bonds is 4. The topological polar surface area (TPSA) is 64.2 Å². The number of hydrogen-bond acceptors (Lipinski definition) is 3. The molecule has 1 atom stereocenters. The molecule has 5 nitrogen and oxygen atoms in total. The van der Waals surface area contributed by atoms with Crippen LogP contribution < -0.4 is 5.73 Å². The van der Waals surface area contributed by atoms with Gasteiger partial charge in [0.2, 0.25) is 5.91 Å². The summed E-state index contributed by atoms with van der Waals surface area (Å²) in [5.41, 5.74) is 6.35. The van der Waals surface area contributed by atoms with E-state index in [-0.39, 0.29) is 17.9 Å². The van der Waals surface area contributed by atoms with Gasteiger partial charge in [-0.05, 0) is 45.0 Å². The Balaban J connectivity index is 1.88. The second-order valence-electron chi connectivity index (χ2n) is 5.99. The molecule has 1 aromatic heterocycles. The van der Waals surface area contributed by atoms with E-state index in [1.165, 1.54) is 0 Å². The fourth-order valence-electron chi connectivity index (χ4n) is 3.30. The Morgan fingerprint density at radius 3 is 2.57 bits per heavy atom. The van der Waals surface area contributed by atoms with E-state index in [0.717, 1.165) is 4.57 Å². The molecule has 0 aliphatic carbocycles. The highest BCUT2D eigenvalue weighted by Crippen LogP contribution is 2.31. The summed E-state index contributed by atoms with van der Waals surface area (Å²) in [4.78, 5) is 17.7. The molecule has 1 saturated heterocycles. The van der Waals surface area contributed by atoms with Gasteiger partial charge in [-0.2, -0.15) is 8.78 Å². The van der Waals surface area contributed by atoms with Crippen molar-refractivity contribution in [2.24, 2.45) is 11.7 Å². The van der Waals surface area contributed by atoms with Gasteiger partial charge >= 0.3 is 6.55 Å². The molecular weight excluding hydrogens is 302 g/mol. The van der Waals surface area contributed by atoms with Crippen molar-refractivity contribution < 1.29 is 13.6 Å². The number of para-hydroxylation sites is 2. The Kier molecular flexibility index (Phi) is 4.30. The maximum atomic E-state index is 13.5. The molecule has 0 spiro atoms. The van der Waals surface area contributed by atoms with Gasteiger partial charge in [0.1, 0.15) is 5.82 Å². The first-order chi connectivity index (χ1) is 11.0. The standard InChI is InChI=1S/C16H20F2N4O/c1-10(21-8-6-11(7-9-21)14(19)23)15-20-12-4-2-3-5-13(12)22(15)16(17)18/h2-5,10-11,16H,6-9H2,1H3,(H2,19,23). The van der Waals surface area contributed by atoms with Crippen molar-refractivity contribution in [2.45, 2.75) is 32.4 Å². The van der Waals surface area contributed by atoms with Crippen LogP contribution in [-0.2, 0) is 4.79 Å². The molecule has 1 aliphatic heterocycles. The molecule has 1 amide bonds. The van der Waals surface area contributed by atoms with E-state index in [1.807, 2.05) is 6.92 Å². The quantitative estimate of drug-likeness (QED) is 0.941. The summed E-state index contributed by atoms with van der Waals surface area (Å²) in [6.07, 6.45) is 1.32. The van der Waals surface area contributed by atoms with Crippen LogP contribution >= 0.6 is 0 Å². The van der Waals surface area contributed by atoms with Gasteiger partial charge in [-0.15, -0.1) is 0 Å². The van der Waals surface area contributed by atoms with Crippen molar-refractivity contribution in [3.05, 3.63) is 30.1 Å². The van der Waals surface area contributed by atoms with Gasteiger partial charge in [-0.1, -0.05) is 12.1 Å². The van der Waals surface area contributed by atoms with Crippen molar-refractivity contribution in [1.29, 1.82) is 0 Å². The molecule has 23 heavy (non-hydrogen) atoms. The van der Waals surface area contributed by atoms with E-state index in [1.54, 1.807) is 24.3 Å². The van der Waals surface area contributed by atoms with E-state index in [2.05, 4.69) is 9.88 Å². The second kappa shape index (κ2) is 6.23. The molecular formula is C16H20F2N4O. The third-order valence-corrected chi connectivity index (χ3v) is 4.67. The van der Waals surface area contributed by atoms with Gasteiger partial charge in [0, 0.05) is 5.92 Å². The molecule has 1 fully saturated rings. The van der Waals surface area contributed by atoms with Gasteiger partial charge in [-0.25, -0.2) is 4.98 Å². The van der Waals surface area contributed by atoms with Crippen molar-refractivity contribution in [3.63, 3.8) is 0 Å². The van der Waals surface area contributed by atoms with E-state index in [9.17, 15) is 13.6 Å². The number of primary amides is 1. The normalized spacial score (nSPS) is 18.6. The van der Waals surface area contributed by atoms with E-state index in [4.69, 9.17) is 5.73 Å². The van der Waals surface area contributed by atoms with Crippen molar-refractivity contribution in [2.75, 3.05) is 13.1 Å². The number of likely N-dealkylation sites (tertiary alicyclic amines) is 1. The number of piperidine rings is 1. The zero-order chi connectivity index (χ0) is 16.6. The van der Waals surface area contributed by atoms with Crippen LogP contribution in [0.2, 0.25) is 0 Å². The summed E-state index contributed by atoms with van der Waals surface area (Å²) in [7, 11) is 0. The Morgan fingerprint density at radius 2 is 1.96 bits per heavy atom. The summed E-state index contributed by atoms with van der Waals surface area (Å²) in [5, 5.41) is 0. The first-order valence-electron chi connectivity index (χ1n) is 7.77. The van der Waals surface area contributed by atoms with E-state index in [0.29, 0.717) is 42.8 Å². The largest absolute Gasteiger partial charge is 0.369 e. The summed E-state index contributed by atoms with van der Waals surface area (Å²) in [6, 6.07) is 6.67. The maximum absolute atomic E-state index is 13.5.